The van der Waals surface area contributed by atoms with Crippen LogP contribution < -0.4 is 0 Å². The number of likely N-dealkylation sites (N-methyl/N-ethyl adjacent to an activating group) is 3. The van der Waals surface area contributed by atoms with E-state index in [1.54, 1.807) is 62.3 Å². The third-order valence-electron chi connectivity index (χ3n) is 8.89. The third-order valence-corrected chi connectivity index (χ3v) is 8.89. The van der Waals surface area contributed by atoms with Crippen molar-refractivity contribution in [2.45, 2.75) is 132 Å². The number of rotatable bonds is 8. The van der Waals surface area contributed by atoms with Crippen LogP contribution in [0.4, 0.5) is 0 Å². The summed E-state index contributed by atoms with van der Waals surface area (Å²) in [4.78, 5) is 87.2. The van der Waals surface area contributed by atoms with Gasteiger partial charge in [0.15, 0.2) is 18.3 Å². The van der Waals surface area contributed by atoms with Gasteiger partial charge in [-0.05, 0) is 41.9 Å². The molecule has 1 saturated heterocycles. The molecule has 0 spiro atoms. The van der Waals surface area contributed by atoms with Crippen LogP contribution in [0.1, 0.15) is 95.9 Å². The Morgan fingerprint density at radius 2 is 0.851 bits per heavy atom. The molecule has 0 radical (unpaired) electrons. The Balaban J connectivity index is 3.98. The molecule has 1 aliphatic heterocycles. The smallest absolute Gasteiger partial charge is 0.329 e. The van der Waals surface area contributed by atoms with E-state index < -0.39 is 95.7 Å². The fourth-order valence-electron chi connectivity index (χ4n) is 5.77. The summed E-state index contributed by atoms with van der Waals surface area (Å²) in [6.07, 6.45) is -3.10. The number of nitrogens with zero attached hydrogens (tertiary/aromatic N) is 3. The van der Waals surface area contributed by atoms with E-state index in [1.807, 2.05) is 20.8 Å². The zero-order valence-corrected chi connectivity index (χ0v) is 31.4. The fraction of sp³-hybridized carbons (Fsp3) is 0.829. The molecule has 3 amide bonds. The molecule has 270 valence electrons. The summed E-state index contributed by atoms with van der Waals surface area (Å²) in [6.45, 7) is 21.3. The van der Waals surface area contributed by atoms with Gasteiger partial charge in [-0.1, -0.05) is 89.5 Å². The van der Waals surface area contributed by atoms with E-state index in [0.29, 0.717) is 6.42 Å². The minimum atomic E-state index is -1.28. The van der Waals surface area contributed by atoms with E-state index in [2.05, 4.69) is 0 Å². The zero-order valence-electron chi connectivity index (χ0n) is 31.4. The SMILES string of the molecule is CCC(C)C1C(=O)OC(C(C)C)C(=O)N(C)C(C(C)C)C(=O)OC(C(C)C)C(=O)N(C)C(CC(C)C)C(=O)OC(C(C)C)C(=O)N1C. The third kappa shape index (κ3) is 10.4. The van der Waals surface area contributed by atoms with Crippen LogP contribution in [0.2, 0.25) is 0 Å². The largest absolute Gasteiger partial charge is 0.450 e. The van der Waals surface area contributed by atoms with Gasteiger partial charge in [-0.15, -0.1) is 0 Å². The predicted octanol–water partition coefficient (Wildman–Crippen LogP) is 3.93. The second-order valence-corrected chi connectivity index (χ2v) is 14.8. The monoisotopic (exact) mass is 667 g/mol. The summed E-state index contributed by atoms with van der Waals surface area (Å²) in [7, 11) is 4.35. The van der Waals surface area contributed by atoms with Crippen molar-refractivity contribution in [3.63, 3.8) is 0 Å². The molecule has 0 aliphatic carbocycles. The first-order valence-corrected chi connectivity index (χ1v) is 17.0. The first kappa shape index (κ1) is 41.8. The zero-order chi connectivity index (χ0) is 36.7. The van der Waals surface area contributed by atoms with Crippen molar-refractivity contribution < 1.29 is 43.0 Å². The molecular formula is C35H61N3O9. The molecule has 0 bridgehead atoms. The second-order valence-electron chi connectivity index (χ2n) is 14.8. The van der Waals surface area contributed by atoms with Crippen LogP contribution in [-0.4, -0.2) is 108 Å². The van der Waals surface area contributed by atoms with Crippen LogP contribution in [-0.2, 0) is 43.0 Å². The lowest BCUT2D eigenvalue weighted by molar-refractivity contribution is -0.181. The van der Waals surface area contributed by atoms with Crippen molar-refractivity contribution >= 4 is 35.6 Å². The Kier molecular flexibility index (Phi) is 15.9. The molecule has 1 aliphatic rings. The summed E-state index contributed by atoms with van der Waals surface area (Å²) in [6, 6.07) is -3.30. The molecular weight excluding hydrogens is 606 g/mol. The summed E-state index contributed by atoms with van der Waals surface area (Å²) < 4.78 is 17.6. The number of ether oxygens (including phenoxy) is 3. The van der Waals surface area contributed by atoms with E-state index in [4.69, 9.17) is 14.2 Å². The lowest BCUT2D eigenvalue weighted by Crippen LogP contribution is -2.57. The highest BCUT2D eigenvalue weighted by Gasteiger charge is 2.45. The van der Waals surface area contributed by atoms with Gasteiger partial charge in [0.1, 0.15) is 18.1 Å². The maximum atomic E-state index is 14.0. The maximum absolute atomic E-state index is 14.0. The van der Waals surface area contributed by atoms with Crippen molar-refractivity contribution in [3.05, 3.63) is 0 Å². The van der Waals surface area contributed by atoms with Crippen LogP contribution in [0.25, 0.3) is 0 Å². The van der Waals surface area contributed by atoms with E-state index in [1.165, 1.54) is 35.8 Å². The summed E-state index contributed by atoms with van der Waals surface area (Å²) >= 11 is 0. The number of hydrogen-bond acceptors (Lipinski definition) is 9. The molecule has 0 aromatic heterocycles. The van der Waals surface area contributed by atoms with Gasteiger partial charge < -0.3 is 28.9 Å². The molecule has 0 saturated carbocycles. The van der Waals surface area contributed by atoms with Crippen molar-refractivity contribution in [2.24, 2.45) is 35.5 Å². The van der Waals surface area contributed by atoms with E-state index >= 15 is 0 Å². The van der Waals surface area contributed by atoms with E-state index in [9.17, 15) is 28.8 Å². The molecule has 7 atom stereocenters. The minimum absolute atomic E-state index is 0.0416. The van der Waals surface area contributed by atoms with Crippen molar-refractivity contribution in [3.8, 4) is 0 Å². The highest BCUT2D eigenvalue weighted by molar-refractivity contribution is 5.94. The Hall–Kier alpha value is -3.18. The van der Waals surface area contributed by atoms with Crippen LogP contribution >= 0.6 is 0 Å². The number of carbonyl (C=O) groups is 6. The first-order valence-electron chi connectivity index (χ1n) is 17.0. The molecule has 1 rings (SSSR count). The molecule has 0 aromatic carbocycles. The second kappa shape index (κ2) is 17.8. The molecule has 0 aromatic rings. The van der Waals surface area contributed by atoms with Crippen LogP contribution in [0, 0.1) is 35.5 Å². The van der Waals surface area contributed by atoms with Crippen molar-refractivity contribution in [2.75, 3.05) is 21.1 Å². The molecule has 12 heteroatoms. The van der Waals surface area contributed by atoms with Gasteiger partial charge in [-0.25, -0.2) is 14.4 Å². The van der Waals surface area contributed by atoms with Gasteiger partial charge in [0.25, 0.3) is 17.7 Å². The molecule has 1 heterocycles. The Bertz CT molecular complexity index is 1120. The lowest BCUT2D eigenvalue weighted by Gasteiger charge is -2.38. The van der Waals surface area contributed by atoms with Gasteiger partial charge in [0.05, 0.1) is 0 Å². The van der Waals surface area contributed by atoms with Gasteiger partial charge in [-0.2, -0.15) is 0 Å². The number of carbonyl (C=O) groups excluding carboxylic acids is 6. The minimum Gasteiger partial charge on any atom is -0.450 e. The lowest BCUT2D eigenvalue weighted by atomic mass is 9.95. The quantitative estimate of drug-likeness (QED) is 0.278. The molecule has 0 N–H and O–H groups in total. The fourth-order valence-corrected chi connectivity index (χ4v) is 5.77. The van der Waals surface area contributed by atoms with Crippen LogP contribution in [0.5, 0.6) is 0 Å². The number of cyclic esters (lactones) is 3. The van der Waals surface area contributed by atoms with Crippen molar-refractivity contribution in [1.82, 2.24) is 14.7 Å². The van der Waals surface area contributed by atoms with E-state index in [0.717, 1.165) is 0 Å². The van der Waals surface area contributed by atoms with Crippen molar-refractivity contribution in [1.29, 1.82) is 0 Å². The number of esters is 3. The summed E-state index contributed by atoms with van der Waals surface area (Å²) in [5.41, 5.74) is 0. The molecule has 7 unspecified atom stereocenters. The Morgan fingerprint density at radius 1 is 0.511 bits per heavy atom. The van der Waals surface area contributed by atoms with Gasteiger partial charge >= 0.3 is 17.9 Å². The Morgan fingerprint density at radius 3 is 1.19 bits per heavy atom. The van der Waals surface area contributed by atoms with Crippen LogP contribution in [0.15, 0.2) is 0 Å². The van der Waals surface area contributed by atoms with Crippen LogP contribution in [0.3, 0.4) is 0 Å². The summed E-state index contributed by atoms with van der Waals surface area (Å²) in [5, 5.41) is 0. The highest BCUT2D eigenvalue weighted by Crippen LogP contribution is 2.26. The average Bonchev–Trinajstić information content (AvgIpc) is 2.97. The molecule has 1 fully saturated rings. The van der Waals surface area contributed by atoms with Gasteiger partial charge in [0, 0.05) is 21.1 Å². The normalized spacial score (nSPS) is 27.4. The number of hydrogen-bond donors (Lipinski definition) is 0. The predicted molar refractivity (Wildman–Crippen MR) is 178 cm³/mol. The first-order chi connectivity index (χ1) is 21.6. The molecule has 47 heavy (non-hydrogen) atoms. The average molecular weight is 668 g/mol. The molecule has 12 nitrogen and oxygen atoms in total. The Labute approximate surface area is 282 Å². The van der Waals surface area contributed by atoms with Gasteiger partial charge in [-0.3, -0.25) is 14.4 Å². The number of amides is 3. The standard InChI is InChI=1S/C35H61N3O9/c1-16-23(12)26-35(44)47-29(22(10)11)31(40)37(14)25(19(4)5)34(43)46-27(20(6)7)30(39)36(13)24(17-18(2)3)33(42)45-28(21(8)9)32(41)38(26)15/h18-29H,16-17H2,1-15H3. The highest BCUT2D eigenvalue weighted by atomic mass is 16.6. The topological polar surface area (TPSA) is 140 Å². The summed E-state index contributed by atoms with van der Waals surface area (Å²) in [5.74, 6) is -6.48. The van der Waals surface area contributed by atoms with Gasteiger partial charge in [0.2, 0.25) is 0 Å². The maximum Gasteiger partial charge on any atom is 0.329 e. The van der Waals surface area contributed by atoms with E-state index in [-0.39, 0.29) is 18.3 Å².